The summed E-state index contributed by atoms with van der Waals surface area (Å²) in [5.74, 6) is 0.701. The SMILES string of the molecule is CC(C)(C)c1csc(COc2ccc(Cl)nc2)n1. The second-order valence-corrected chi connectivity index (χ2v) is 6.31. The average Bonchev–Trinajstić information content (AvgIpc) is 2.77. The van der Waals surface area contributed by atoms with Crippen LogP contribution in [0.3, 0.4) is 0 Å². The Labute approximate surface area is 116 Å². The predicted octanol–water partition coefficient (Wildman–Crippen LogP) is 4.07. The zero-order chi connectivity index (χ0) is 13.2. The minimum Gasteiger partial charge on any atom is -0.485 e. The summed E-state index contributed by atoms with van der Waals surface area (Å²) in [7, 11) is 0. The summed E-state index contributed by atoms with van der Waals surface area (Å²) in [5, 5.41) is 3.51. The van der Waals surface area contributed by atoms with E-state index in [1.54, 1.807) is 29.7 Å². The van der Waals surface area contributed by atoms with E-state index < -0.39 is 0 Å². The summed E-state index contributed by atoms with van der Waals surface area (Å²) in [6, 6.07) is 3.51. The van der Waals surface area contributed by atoms with Crippen molar-refractivity contribution in [1.82, 2.24) is 9.97 Å². The van der Waals surface area contributed by atoms with Gasteiger partial charge in [-0.2, -0.15) is 0 Å². The summed E-state index contributed by atoms with van der Waals surface area (Å²) in [5.41, 5.74) is 1.18. The Bertz CT molecular complexity index is 517. The highest BCUT2D eigenvalue weighted by Gasteiger charge is 2.17. The van der Waals surface area contributed by atoms with Gasteiger partial charge in [-0.1, -0.05) is 32.4 Å². The molecule has 2 rings (SSSR count). The van der Waals surface area contributed by atoms with Gasteiger partial charge in [-0.3, -0.25) is 0 Å². The monoisotopic (exact) mass is 282 g/mol. The Balaban J connectivity index is 1.98. The zero-order valence-corrected chi connectivity index (χ0v) is 12.2. The zero-order valence-electron chi connectivity index (χ0n) is 10.6. The van der Waals surface area contributed by atoms with E-state index in [4.69, 9.17) is 16.3 Å². The molecule has 2 heterocycles. The molecule has 96 valence electrons. The van der Waals surface area contributed by atoms with Gasteiger partial charge in [0.15, 0.2) is 0 Å². The molecule has 0 aliphatic carbocycles. The van der Waals surface area contributed by atoms with Crippen molar-refractivity contribution in [1.29, 1.82) is 0 Å². The fourth-order valence-electron chi connectivity index (χ4n) is 1.31. The fraction of sp³-hybridized carbons (Fsp3) is 0.385. The van der Waals surface area contributed by atoms with Gasteiger partial charge < -0.3 is 4.74 Å². The number of hydrogen-bond acceptors (Lipinski definition) is 4. The number of thiazole rings is 1. The Morgan fingerprint density at radius 1 is 1.33 bits per heavy atom. The van der Waals surface area contributed by atoms with Gasteiger partial charge in [0.2, 0.25) is 0 Å². The lowest BCUT2D eigenvalue weighted by Gasteiger charge is -2.14. The number of pyridine rings is 1. The molecule has 0 amide bonds. The van der Waals surface area contributed by atoms with Crippen LogP contribution in [0, 0.1) is 0 Å². The van der Waals surface area contributed by atoms with Crippen LogP contribution in [-0.2, 0) is 12.0 Å². The molecule has 0 fully saturated rings. The molecule has 3 nitrogen and oxygen atoms in total. The quantitative estimate of drug-likeness (QED) is 0.796. The third kappa shape index (κ3) is 3.43. The van der Waals surface area contributed by atoms with Crippen LogP contribution in [0.15, 0.2) is 23.7 Å². The van der Waals surface area contributed by atoms with E-state index in [0.29, 0.717) is 17.5 Å². The maximum absolute atomic E-state index is 5.71. The molecule has 0 unspecified atom stereocenters. The lowest BCUT2D eigenvalue weighted by Crippen LogP contribution is -2.11. The predicted molar refractivity (Wildman–Crippen MR) is 74.4 cm³/mol. The van der Waals surface area contributed by atoms with Gasteiger partial charge in [0, 0.05) is 10.8 Å². The minimum absolute atomic E-state index is 0.0799. The lowest BCUT2D eigenvalue weighted by atomic mass is 9.93. The van der Waals surface area contributed by atoms with Crippen LogP contribution in [0.25, 0.3) is 0 Å². The first-order valence-electron chi connectivity index (χ1n) is 5.64. The van der Waals surface area contributed by atoms with Gasteiger partial charge in [0.25, 0.3) is 0 Å². The van der Waals surface area contributed by atoms with Gasteiger partial charge in [0.05, 0.1) is 11.9 Å². The molecule has 0 aliphatic rings. The van der Waals surface area contributed by atoms with Crippen molar-refractivity contribution >= 4 is 22.9 Å². The molecule has 0 atom stereocenters. The second kappa shape index (κ2) is 5.24. The molecule has 0 aliphatic heterocycles. The summed E-state index contributed by atoms with van der Waals surface area (Å²) >= 11 is 7.32. The van der Waals surface area contributed by atoms with Crippen molar-refractivity contribution in [2.75, 3.05) is 0 Å². The third-order valence-corrected chi connectivity index (χ3v) is 3.43. The molecule has 18 heavy (non-hydrogen) atoms. The number of halogens is 1. The number of rotatable bonds is 3. The molecular formula is C13H15ClN2OS. The summed E-state index contributed by atoms with van der Waals surface area (Å²) < 4.78 is 5.60. The van der Waals surface area contributed by atoms with E-state index in [2.05, 4.69) is 36.1 Å². The van der Waals surface area contributed by atoms with Crippen LogP contribution < -0.4 is 4.74 Å². The first kappa shape index (κ1) is 13.3. The standard InChI is InChI=1S/C13H15ClN2OS/c1-13(2,3)10-8-18-12(16-10)7-17-9-4-5-11(14)15-6-9/h4-6,8H,7H2,1-3H3. The normalized spacial score (nSPS) is 11.6. The molecule has 0 saturated carbocycles. The van der Waals surface area contributed by atoms with Crippen LogP contribution in [0.5, 0.6) is 5.75 Å². The topological polar surface area (TPSA) is 35.0 Å². The Kier molecular flexibility index (Phi) is 3.88. The van der Waals surface area contributed by atoms with E-state index >= 15 is 0 Å². The van der Waals surface area contributed by atoms with Gasteiger partial charge in [-0.05, 0) is 12.1 Å². The van der Waals surface area contributed by atoms with Gasteiger partial charge in [-0.15, -0.1) is 11.3 Å². The van der Waals surface area contributed by atoms with E-state index in [1.807, 2.05) is 0 Å². The van der Waals surface area contributed by atoms with Crippen LogP contribution in [0.1, 0.15) is 31.5 Å². The van der Waals surface area contributed by atoms with Crippen molar-refractivity contribution in [2.45, 2.75) is 32.8 Å². The molecule has 0 radical (unpaired) electrons. The summed E-state index contributed by atoms with van der Waals surface area (Å²) in [6.45, 7) is 6.91. The molecule has 0 bridgehead atoms. The number of hydrogen-bond donors (Lipinski definition) is 0. The van der Waals surface area contributed by atoms with Crippen molar-refractivity contribution in [3.05, 3.63) is 39.6 Å². The third-order valence-electron chi connectivity index (χ3n) is 2.38. The van der Waals surface area contributed by atoms with E-state index in [-0.39, 0.29) is 5.41 Å². The molecule has 0 spiro atoms. The van der Waals surface area contributed by atoms with Gasteiger partial charge in [0.1, 0.15) is 22.5 Å². The first-order valence-corrected chi connectivity index (χ1v) is 6.90. The van der Waals surface area contributed by atoms with Crippen molar-refractivity contribution in [3.63, 3.8) is 0 Å². The fourth-order valence-corrected chi connectivity index (χ4v) is 2.36. The molecule has 5 heteroatoms. The Morgan fingerprint density at radius 3 is 2.67 bits per heavy atom. The Hall–Kier alpha value is -1.13. The van der Waals surface area contributed by atoms with Crippen LogP contribution in [0.4, 0.5) is 0 Å². The molecule has 0 saturated heterocycles. The highest BCUT2D eigenvalue weighted by atomic mass is 35.5. The largest absolute Gasteiger partial charge is 0.485 e. The number of nitrogens with zero attached hydrogens (tertiary/aromatic N) is 2. The second-order valence-electron chi connectivity index (χ2n) is 4.98. The van der Waals surface area contributed by atoms with E-state index in [0.717, 1.165) is 10.7 Å². The van der Waals surface area contributed by atoms with Crippen molar-refractivity contribution in [3.8, 4) is 5.75 Å². The first-order chi connectivity index (χ1) is 8.45. The van der Waals surface area contributed by atoms with E-state index in [9.17, 15) is 0 Å². The minimum atomic E-state index is 0.0799. The van der Waals surface area contributed by atoms with Crippen molar-refractivity contribution in [2.24, 2.45) is 0 Å². The Morgan fingerprint density at radius 2 is 2.11 bits per heavy atom. The molecule has 2 aromatic heterocycles. The summed E-state index contributed by atoms with van der Waals surface area (Å²) in [6.07, 6.45) is 1.61. The highest BCUT2D eigenvalue weighted by Crippen LogP contribution is 2.24. The van der Waals surface area contributed by atoms with Gasteiger partial charge in [-0.25, -0.2) is 9.97 Å². The van der Waals surface area contributed by atoms with Gasteiger partial charge >= 0.3 is 0 Å². The number of aromatic nitrogens is 2. The van der Waals surface area contributed by atoms with Crippen LogP contribution in [0.2, 0.25) is 5.15 Å². The average molecular weight is 283 g/mol. The number of ether oxygens (including phenoxy) is 1. The maximum atomic E-state index is 5.71. The molecule has 2 aromatic rings. The lowest BCUT2D eigenvalue weighted by molar-refractivity contribution is 0.303. The van der Waals surface area contributed by atoms with Crippen LogP contribution >= 0.6 is 22.9 Å². The molecule has 0 N–H and O–H groups in total. The summed E-state index contributed by atoms with van der Waals surface area (Å²) in [4.78, 5) is 8.52. The highest BCUT2D eigenvalue weighted by molar-refractivity contribution is 7.09. The molecule has 0 aromatic carbocycles. The maximum Gasteiger partial charge on any atom is 0.140 e. The smallest absolute Gasteiger partial charge is 0.140 e. The van der Waals surface area contributed by atoms with Crippen molar-refractivity contribution < 1.29 is 4.74 Å². The van der Waals surface area contributed by atoms with E-state index in [1.165, 1.54) is 0 Å². The van der Waals surface area contributed by atoms with Crippen LogP contribution in [-0.4, -0.2) is 9.97 Å². The molecular weight excluding hydrogens is 268 g/mol.